The number of benzene rings is 1. The summed E-state index contributed by atoms with van der Waals surface area (Å²) >= 11 is 1.38. The van der Waals surface area contributed by atoms with Crippen LogP contribution in [-0.2, 0) is 13.6 Å². The summed E-state index contributed by atoms with van der Waals surface area (Å²) in [6.07, 6.45) is 3.59. The molecule has 8 heteroatoms. The van der Waals surface area contributed by atoms with E-state index in [2.05, 4.69) is 15.7 Å². The molecule has 0 bridgehead atoms. The van der Waals surface area contributed by atoms with E-state index in [-0.39, 0.29) is 11.9 Å². The highest BCUT2D eigenvalue weighted by Crippen LogP contribution is 2.18. The van der Waals surface area contributed by atoms with Gasteiger partial charge in [-0.2, -0.15) is 5.10 Å². The van der Waals surface area contributed by atoms with Gasteiger partial charge in [-0.3, -0.25) is 9.48 Å². The normalized spacial score (nSPS) is 10.4. The first-order chi connectivity index (χ1) is 12.5. The molecule has 0 aliphatic carbocycles. The summed E-state index contributed by atoms with van der Waals surface area (Å²) < 4.78 is 1.70. The fourth-order valence-electron chi connectivity index (χ4n) is 2.39. The number of hydrogen-bond acceptors (Lipinski definition) is 4. The first-order valence-corrected chi connectivity index (χ1v) is 8.84. The number of rotatable bonds is 5. The van der Waals surface area contributed by atoms with E-state index < -0.39 is 0 Å². The van der Waals surface area contributed by atoms with E-state index in [4.69, 9.17) is 0 Å². The highest BCUT2D eigenvalue weighted by Gasteiger charge is 2.11. The molecule has 3 amide bonds. The molecule has 134 valence electrons. The highest BCUT2D eigenvalue weighted by atomic mass is 32.1. The minimum atomic E-state index is -0.240. The molecule has 0 spiro atoms. The van der Waals surface area contributed by atoms with Crippen LogP contribution in [0, 0.1) is 0 Å². The lowest BCUT2D eigenvalue weighted by molar-refractivity contribution is 0.103. The molecule has 26 heavy (non-hydrogen) atoms. The summed E-state index contributed by atoms with van der Waals surface area (Å²) in [6, 6.07) is 10.4. The van der Waals surface area contributed by atoms with Gasteiger partial charge in [0.25, 0.3) is 5.91 Å². The third kappa shape index (κ3) is 4.48. The van der Waals surface area contributed by atoms with E-state index in [9.17, 15) is 9.59 Å². The second-order valence-electron chi connectivity index (χ2n) is 5.82. The molecule has 2 N–H and O–H groups in total. The number of anilines is 2. The van der Waals surface area contributed by atoms with E-state index in [0.717, 1.165) is 5.56 Å². The third-order valence-corrected chi connectivity index (χ3v) is 4.51. The van der Waals surface area contributed by atoms with Crippen molar-refractivity contribution in [2.45, 2.75) is 6.54 Å². The number of carbonyl (C=O) groups is 2. The van der Waals surface area contributed by atoms with Crippen LogP contribution in [0.25, 0.3) is 0 Å². The number of amides is 3. The average Bonchev–Trinajstić information content (AvgIpc) is 3.27. The van der Waals surface area contributed by atoms with Gasteiger partial charge in [-0.05, 0) is 29.6 Å². The van der Waals surface area contributed by atoms with Gasteiger partial charge in [-0.25, -0.2) is 4.79 Å². The maximum Gasteiger partial charge on any atom is 0.321 e. The minimum Gasteiger partial charge on any atom is -0.323 e. The van der Waals surface area contributed by atoms with Crippen molar-refractivity contribution in [1.29, 1.82) is 0 Å². The molecule has 0 fully saturated rings. The molecule has 0 unspecified atom stereocenters. The Morgan fingerprint density at radius 1 is 1.19 bits per heavy atom. The Morgan fingerprint density at radius 2 is 1.96 bits per heavy atom. The number of carbonyl (C=O) groups excluding carboxylic acids is 2. The number of aromatic nitrogens is 2. The van der Waals surface area contributed by atoms with Crippen LogP contribution < -0.4 is 10.6 Å². The zero-order valence-corrected chi connectivity index (χ0v) is 15.3. The Kier molecular flexibility index (Phi) is 5.33. The predicted molar refractivity (Wildman–Crippen MR) is 102 cm³/mol. The number of thiophene rings is 1. The van der Waals surface area contributed by atoms with Gasteiger partial charge in [-0.1, -0.05) is 12.1 Å². The molecule has 1 aromatic carbocycles. The van der Waals surface area contributed by atoms with Gasteiger partial charge < -0.3 is 15.5 Å². The summed E-state index contributed by atoms with van der Waals surface area (Å²) in [7, 11) is 3.55. The molecule has 0 saturated heterocycles. The molecule has 3 aromatic rings. The summed E-state index contributed by atoms with van der Waals surface area (Å²) in [5, 5.41) is 11.6. The van der Waals surface area contributed by atoms with Crippen LogP contribution in [0.2, 0.25) is 0 Å². The van der Waals surface area contributed by atoms with Crippen molar-refractivity contribution >= 4 is 34.6 Å². The minimum absolute atomic E-state index is 0.169. The van der Waals surface area contributed by atoms with Gasteiger partial charge in [0, 0.05) is 37.2 Å². The number of urea groups is 1. The van der Waals surface area contributed by atoms with Crippen LogP contribution >= 0.6 is 11.3 Å². The van der Waals surface area contributed by atoms with Crippen LogP contribution in [0.4, 0.5) is 16.2 Å². The number of hydrogen-bond donors (Lipinski definition) is 2. The van der Waals surface area contributed by atoms with Crippen LogP contribution in [-0.4, -0.2) is 33.7 Å². The quantitative estimate of drug-likeness (QED) is 0.723. The molecule has 0 radical (unpaired) electrons. The molecule has 2 aromatic heterocycles. The number of nitrogens with one attached hydrogen (secondary N) is 2. The topological polar surface area (TPSA) is 79.3 Å². The maximum atomic E-state index is 12.3. The SMILES string of the molecule is CN(Cc1cnn(C)c1)C(=O)Nc1cccc(NC(=O)c2cccs2)c1. The summed E-state index contributed by atoms with van der Waals surface area (Å²) in [5.74, 6) is -0.169. The van der Waals surface area contributed by atoms with Crippen molar-refractivity contribution in [1.82, 2.24) is 14.7 Å². The zero-order valence-electron chi connectivity index (χ0n) is 14.5. The van der Waals surface area contributed by atoms with E-state index >= 15 is 0 Å². The van der Waals surface area contributed by atoms with Gasteiger partial charge in [0.2, 0.25) is 0 Å². The van der Waals surface area contributed by atoms with Crippen molar-refractivity contribution < 1.29 is 9.59 Å². The van der Waals surface area contributed by atoms with Gasteiger partial charge in [0.1, 0.15) is 0 Å². The van der Waals surface area contributed by atoms with E-state index in [0.29, 0.717) is 22.8 Å². The fourth-order valence-corrected chi connectivity index (χ4v) is 3.01. The van der Waals surface area contributed by atoms with Crippen molar-refractivity contribution in [3.8, 4) is 0 Å². The molecule has 0 aliphatic heterocycles. The molecule has 0 atom stereocenters. The van der Waals surface area contributed by atoms with Gasteiger partial charge in [0.15, 0.2) is 0 Å². The van der Waals surface area contributed by atoms with E-state index in [1.807, 2.05) is 24.7 Å². The molecule has 0 saturated carbocycles. The van der Waals surface area contributed by atoms with Crippen molar-refractivity contribution in [3.05, 3.63) is 64.6 Å². The molecule has 2 heterocycles. The highest BCUT2D eigenvalue weighted by molar-refractivity contribution is 7.12. The Morgan fingerprint density at radius 3 is 2.62 bits per heavy atom. The lowest BCUT2D eigenvalue weighted by atomic mass is 10.2. The van der Waals surface area contributed by atoms with Crippen LogP contribution in [0.1, 0.15) is 15.2 Å². The number of nitrogens with zero attached hydrogens (tertiary/aromatic N) is 3. The average molecular weight is 369 g/mol. The first-order valence-electron chi connectivity index (χ1n) is 7.96. The smallest absolute Gasteiger partial charge is 0.321 e. The Balaban J connectivity index is 1.60. The molecule has 7 nitrogen and oxygen atoms in total. The largest absolute Gasteiger partial charge is 0.323 e. The second-order valence-corrected chi connectivity index (χ2v) is 6.77. The van der Waals surface area contributed by atoms with Crippen LogP contribution in [0.5, 0.6) is 0 Å². The Bertz CT molecular complexity index is 904. The van der Waals surface area contributed by atoms with Crippen LogP contribution in [0.15, 0.2) is 54.2 Å². The summed E-state index contributed by atoms with van der Waals surface area (Å²) in [4.78, 5) is 26.7. The van der Waals surface area contributed by atoms with Gasteiger partial charge in [-0.15, -0.1) is 11.3 Å². The Hall–Kier alpha value is -3.13. The molecular weight excluding hydrogens is 350 g/mol. The predicted octanol–water partition coefficient (Wildman–Crippen LogP) is 3.40. The van der Waals surface area contributed by atoms with E-state index in [1.165, 1.54) is 11.3 Å². The van der Waals surface area contributed by atoms with Gasteiger partial charge in [0.05, 0.1) is 17.6 Å². The lowest BCUT2D eigenvalue weighted by Gasteiger charge is -2.17. The molecular formula is C18H19N5O2S. The fraction of sp³-hybridized carbons (Fsp3) is 0.167. The van der Waals surface area contributed by atoms with Crippen molar-refractivity contribution in [3.63, 3.8) is 0 Å². The van der Waals surface area contributed by atoms with E-state index in [1.54, 1.807) is 53.2 Å². The lowest BCUT2D eigenvalue weighted by Crippen LogP contribution is -2.30. The third-order valence-electron chi connectivity index (χ3n) is 3.64. The van der Waals surface area contributed by atoms with Gasteiger partial charge >= 0.3 is 6.03 Å². The number of aryl methyl sites for hydroxylation is 1. The second kappa shape index (κ2) is 7.83. The zero-order chi connectivity index (χ0) is 18.5. The van der Waals surface area contributed by atoms with Crippen molar-refractivity contribution in [2.75, 3.05) is 17.7 Å². The molecule has 0 aliphatic rings. The monoisotopic (exact) mass is 369 g/mol. The first kappa shape index (κ1) is 17.7. The summed E-state index contributed by atoms with van der Waals surface area (Å²) in [6.45, 7) is 0.453. The Labute approximate surface area is 155 Å². The van der Waals surface area contributed by atoms with Crippen LogP contribution in [0.3, 0.4) is 0 Å². The summed E-state index contributed by atoms with van der Waals surface area (Å²) in [5.41, 5.74) is 2.18. The van der Waals surface area contributed by atoms with Crippen molar-refractivity contribution in [2.24, 2.45) is 7.05 Å². The maximum absolute atomic E-state index is 12.3. The molecule has 3 rings (SSSR count). The standard InChI is InChI=1S/C18H19N5O2S/c1-22(11-13-10-19-23(2)12-13)18(25)21-15-6-3-5-14(9-15)20-17(24)16-7-4-8-26-16/h3-10,12H,11H2,1-2H3,(H,20,24)(H,21,25).